The molecule has 0 aromatic heterocycles. The molecule has 3 aliphatic carbocycles. The number of methoxy groups -OCH3 is 3. The fraction of sp³-hybridized carbons (Fsp3) is 0.357. The third-order valence-corrected chi connectivity index (χ3v) is 16.4. The number of aliphatic hydroxyl groups is 6. The average Bonchev–Trinajstić information content (AvgIpc) is 1.53. The maximum absolute atomic E-state index is 13.2. The first kappa shape index (κ1) is 76.5. The van der Waals surface area contributed by atoms with Gasteiger partial charge in [0.2, 0.25) is 28.1 Å². The van der Waals surface area contributed by atoms with Gasteiger partial charge in [-0.1, -0.05) is 36.4 Å². The van der Waals surface area contributed by atoms with E-state index in [2.05, 4.69) is 5.32 Å². The molecule has 3 amide bonds. The van der Waals surface area contributed by atoms with Gasteiger partial charge in [-0.15, -0.1) is 0 Å². The van der Waals surface area contributed by atoms with Crippen LogP contribution in [-0.4, -0.2) is 106 Å². The smallest absolute Gasteiger partial charge is 0.857 e. The number of rotatable bonds is 14. The summed E-state index contributed by atoms with van der Waals surface area (Å²) < 4.78 is 21.0. The molecule has 0 fully saturated rings. The monoisotopic (exact) mass is 1300 g/mol. The fourth-order valence-electron chi connectivity index (χ4n) is 12.3. The topological polar surface area (TPSA) is 376 Å². The number of hydrogen-bond acceptors (Lipinski definition) is 21. The summed E-state index contributed by atoms with van der Waals surface area (Å²) in [4.78, 5) is 113. The molecule has 0 aliphatic heterocycles. The van der Waals surface area contributed by atoms with Crippen molar-refractivity contribution in [2.75, 3.05) is 28.4 Å². The fourth-order valence-corrected chi connectivity index (χ4v) is 12.3. The number of nitrogens with one attached hydrogen (secondary N) is 1. The number of aryl methyl sites for hydroxylation is 3. The summed E-state index contributed by atoms with van der Waals surface area (Å²) in [6, 6.07) is 17.4. The standard InChI is InChI=1S/C27H31NO8.C22H23NO6.C20H21NO5.CH3O.Na/c1-15(32)28(26(34)36-27(2,3)4)22-8-6-16-10-17(12-29)20(13-30)21(14-31)25(16)18-7-9-24(35-5)23(33)11-19(18)22;1-12(27)23-19-5-3-13-7-14(9-24)17(10-25)18(11-26)22(13)15-4-6-21(29-2)20(28)8-16(15)19;1-26-19-5-3-13-14(7-18(19)25)17(21)4-2-11-6-12(8-22)15(9-23)16(10-24)20(11)13;1-2;/h7,9-11,14,22,29-30H,6,8,12-13H2,1-5H3;4,6-8,11,19,24-25H,3,5,9-10H2,1-2H3,(H,23,27);3,5-7,10,17,22-23H,2,4,8-9,21H2,1H3;1H3;/q;;;-1;+1/t22-;19-;17-;;/m000../s1. The Bertz CT molecular complexity index is 4040. The molecule has 0 unspecified atom stereocenters. The molecule has 0 bridgehead atoms. The average molecular weight is 1300 g/mol. The van der Waals surface area contributed by atoms with Gasteiger partial charge in [-0.2, -0.15) is 7.11 Å². The van der Waals surface area contributed by atoms with Crippen molar-refractivity contribution in [1.29, 1.82) is 0 Å². The van der Waals surface area contributed by atoms with E-state index < -0.39 is 54.9 Å². The number of hydrogen-bond donors (Lipinski definition) is 8. The summed E-state index contributed by atoms with van der Waals surface area (Å²) in [5, 5.41) is 69.9. The molecule has 23 nitrogen and oxygen atoms in total. The number of aldehydes is 3. The van der Waals surface area contributed by atoms with Crippen LogP contribution in [0.25, 0.3) is 33.4 Å². The zero-order valence-electron chi connectivity index (χ0n) is 54.3. The molecular formula is C70H78N3NaO20. The van der Waals surface area contributed by atoms with E-state index in [1.54, 1.807) is 63.2 Å². The van der Waals surface area contributed by atoms with E-state index in [-0.39, 0.29) is 113 Å². The number of amides is 3. The van der Waals surface area contributed by atoms with E-state index in [1.165, 1.54) is 65.5 Å². The Morgan fingerprint density at radius 2 is 0.904 bits per heavy atom. The van der Waals surface area contributed by atoms with Crippen molar-refractivity contribution in [1.82, 2.24) is 10.2 Å². The number of imide groups is 1. The Labute approximate surface area is 565 Å². The Balaban J connectivity index is 0.000000254. The molecule has 94 heavy (non-hydrogen) atoms. The number of ether oxygens (including phenoxy) is 4. The van der Waals surface area contributed by atoms with E-state index in [9.17, 15) is 73.8 Å². The Hall–Kier alpha value is -8.17. The van der Waals surface area contributed by atoms with E-state index in [0.717, 1.165) is 23.1 Å². The third-order valence-electron chi connectivity index (χ3n) is 16.4. The van der Waals surface area contributed by atoms with Crippen LogP contribution in [0.5, 0.6) is 17.2 Å². The summed E-state index contributed by atoms with van der Waals surface area (Å²) in [6.07, 6.45) is 3.85. The van der Waals surface area contributed by atoms with Crippen LogP contribution in [0.4, 0.5) is 4.79 Å². The minimum absolute atomic E-state index is 0. The summed E-state index contributed by atoms with van der Waals surface area (Å²) in [5.41, 5.74) is 14.9. The van der Waals surface area contributed by atoms with Gasteiger partial charge >= 0.3 is 35.7 Å². The van der Waals surface area contributed by atoms with Crippen LogP contribution < -0.4 is 76.2 Å². The zero-order valence-corrected chi connectivity index (χ0v) is 56.3. The van der Waals surface area contributed by atoms with Gasteiger partial charge in [-0.3, -0.25) is 38.4 Å². The molecular weight excluding hydrogens is 1230 g/mol. The van der Waals surface area contributed by atoms with Gasteiger partial charge in [0, 0.05) is 36.6 Å². The molecule has 9 rings (SSSR count). The Morgan fingerprint density at radius 3 is 1.24 bits per heavy atom. The normalized spacial score (nSPS) is 14.6. The van der Waals surface area contributed by atoms with Gasteiger partial charge < -0.3 is 65.7 Å². The van der Waals surface area contributed by atoms with E-state index in [4.69, 9.17) is 29.8 Å². The second-order valence-electron chi connectivity index (χ2n) is 22.9. The Kier molecular flexibility index (Phi) is 27.9. The number of carbonyl (C=O) groups excluding carboxylic acids is 6. The van der Waals surface area contributed by atoms with E-state index in [0.29, 0.717) is 140 Å². The molecule has 494 valence electrons. The maximum atomic E-state index is 13.2. The molecule has 6 aromatic rings. The molecule has 6 aromatic carbocycles. The van der Waals surface area contributed by atoms with Crippen molar-refractivity contribution in [3.05, 3.63) is 187 Å². The van der Waals surface area contributed by atoms with Crippen molar-refractivity contribution in [2.45, 2.75) is 137 Å². The van der Waals surface area contributed by atoms with Crippen LogP contribution in [0.3, 0.4) is 0 Å². The first-order valence-electron chi connectivity index (χ1n) is 29.6. The molecule has 3 atom stereocenters. The molecule has 0 heterocycles. The Morgan fingerprint density at radius 1 is 0.553 bits per heavy atom. The van der Waals surface area contributed by atoms with Crippen molar-refractivity contribution < 1.29 is 113 Å². The van der Waals surface area contributed by atoms with E-state index >= 15 is 0 Å². The van der Waals surface area contributed by atoms with Crippen LogP contribution in [0.15, 0.2) is 87.2 Å². The zero-order chi connectivity index (χ0) is 68.8. The van der Waals surface area contributed by atoms with Crippen molar-refractivity contribution in [2.24, 2.45) is 5.73 Å². The van der Waals surface area contributed by atoms with Gasteiger partial charge in [0.05, 0.1) is 73.1 Å². The van der Waals surface area contributed by atoms with Crippen molar-refractivity contribution >= 4 is 36.8 Å². The minimum Gasteiger partial charge on any atom is -0.857 e. The SMILES string of the molecule is COc1ccc2c(cc1=O)[C@@H](N(C(C)=O)C(=O)OC(C)(C)C)CCc1cc(CO)c(CO)c(C=O)c1-2.COc1ccc2c(cc1=O)[C@@H](N)CCc1cc(CO)c(CO)c(C=O)c1-2.COc1ccc2c(cc1=O)[C@@H](NC(C)=O)CCc1cc(CO)c(CO)c(C=O)c1-2.C[O-].[Na+]. The number of fused-ring (bicyclic) bond motifs is 9. The molecule has 3 aliphatic rings. The molecule has 0 saturated heterocycles. The number of benzene rings is 3. The second-order valence-corrected chi connectivity index (χ2v) is 22.9. The number of nitrogens with zero attached hydrogens (tertiary/aromatic N) is 1. The van der Waals surface area contributed by atoms with Crippen LogP contribution in [-0.2, 0) is 73.2 Å². The summed E-state index contributed by atoms with van der Waals surface area (Å²) in [7, 11) is 4.92. The maximum Gasteiger partial charge on any atom is 1.00 e. The number of aliphatic hydroxyl groups excluding tert-OH is 6. The van der Waals surface area contributed by atoms with Gasteiger partial charge in [-0.25, -0.2) is 9.69 Å². The van der Waals surface area contributed by atoms with Gasteiger partial charge in [0.1, 0.15) is 5.60 Å². The predicted molar refractivity (Wildman–Crippen MR) is 342 cm³/mol. The molecule has 0 radical (unpaired) electrons. The second kappa shape index (κ2) is 34.3. The van der Waals surface area contributed by atoms with Crippen LogP contribution in [0.1, 0.15) is 170 Å². The van der Waals surface area contributed by atoms with Gasteiger partial charge in [0.25, 0.3) is 0 Å². The summed E-state index contributed by atoms with van der Waals surface area (Å²) in [5.74, 6) is -0.436. The number of nitrogens with two attached hydrogens (primary N) is 1. The first-order valence-corrected chi connectivity index (χ1v) is 29.6. The largest absolute Gasteiger partial charge is 1.00 e. The molecule has 9 N–H and O–H groups in total. The molecule has 0 saturated carbocycles. The molecule has 0 spiro atoms. The van der Waals surface area contributed by atoms with Crippen molar-refractivity contribution in [3.63, 3.8) is 0 Å². The van der Waals surface area contributed by atoms with E-state index in [1.807, 2.05) is 0 Å². The third kappa shape index (κ3) is 16.5. The minimum atomic E-state index is -0.890. The summed E-state index contributed by atoms with van der Waals surface area (Å²) in [6.45, 7) is 5.47. The van der Waals surface area contributed by atoms with Crippen LogP contribution in [0, 0.1) is 0 Å². The van der Waals surface area contributed by atoms with Gasteiger partial charge in [0.15, 0.2) is 36.1 Å². The quantitative estimate of drug-likeness (QED) is 0.0573. The predicted octanol–water partition coefficient (Wildman–Crippen LogP) is 2.38. The van der Waals surface area contributed by atoms with Crippen molar-refractivity contribution in [3.8, 4) is 50.6 Å². The summed E-state index contributed by atoms with van der Waals surface area (Å²) >= 11 is 0. The van der Waals surface area contributed by atoms with Crippen LogP contribution >= 0.6 is 0 Å². The number of carbonyl (C=O) groups is 6. The molecule has 24 heteroatoms. The van der Waals surface area contributed by atoms with Gasteiger partial charge in [-0.05, 0) is 196 Å². The van der Waals surface area contributed by atoms with Crippen LogP contribution in [0.2, 0.25) is 0 Å². The first-order chi connectivity index (χ1) is 44.5.